The van der Waals surface area contributed by atoms with Crippen LogP contribution in [0.2, 0.25) is 0 Å². The first-order valence-electron chi connectivity index (χ1n) is 9.95. The summed E-state index contributed by atoms with van der Waals surface area (Å²) in [5.41, 5.74) is 8.60. The molecule has 1 radical (unpaired) electrons. The summed E-state index contributed by atoms with van der Waals surface area (Å²) in [6, 6.07) is 22.1. The minimum atomic E-state index is 0. The molecule has 5 rings (SSSR count). The van der Waals surface area contributed by atoms with E-state index in [2.05, 4.69) is 75.9 Å². The van der Waals surface area contributed by atoms with Crippen LogP contribution in [0.4, 0.5) is 0 Å². The van der Waals surface area contributed by atoms with Gasteiger partial charge in [0.1, 0.15) is 6.33 Å². The number of nitrogens with zero attached hydrogens (tertiary/aromatic N) is 5. The average Bonchev–Trinajstić information content (AvgIpc) is 3.33. The summed E-state index contributed by atoms with van der Waals surface area (Å²) < 4.78 is 4.01. The third kappa shape index (κ3) is 3.52. The van der Waals surface area contributed by atoms with Crippen LogP contribution in [0.1, 0.15) is 17.0 Å². The van der Waals surface area contributed by atoms with Crippen LogP contribution in [0.5, 0.6) is 0 Å². The normalized spacial score (nSPS) is 11.0. The zero-order valence-corrected chi connectivity index (χ0v) is 20.2. The van der Waals surface area contributed by atoms with Gasteiger partial charge < -0.3 is 4.57 Å². The Bertz CT molecular complexity index is 1360. The Kier molecular flexibility index (Phi) is 5.61. The van der Waals surface area contributed by atoms with Crippen molar-refractivity contribution in [3.63, 3.8) is 0 Å². The molecule has 2 heterocycles. The summed E-state index contributed by atoms with van der Waals surface area (Å²) in [6.07, 6.45) is 1.61. The second kappa shape index (κ2) is 8.22. The van der Waals surface area contributed by atoms with Crippen LogP contribution >= 0.6 is 0 Å². The smallest absolute Gasteiger partial charge is 0.127 e. The fourth-order valence-corrected chi connectivity index (χ4v) is 4.15. The Morgan fingerprint density at radius 1 is 0.903 bits per heavy atom. The Labute approximate surface area is 195 Å². The molecule has 0 fully saturated rings. The van der Waals surface area contributed by atoms with Gasteiger partial charge in [-0.1, -0.05) is 35.9 Å². The molecule has 0 unspecified atom stereocenters. The van der Waals surface area contributed by atoms with Gasteiger partial charge in [-0.25, -0.2) is 0 Å². The van der Waals surface area contributed by atoms with Gasteiger partial charge in [0.05, 0.1) is 17.3 Å². The van der Waals surface area contributed by atoms with Gasteiger partial charge in [-0.15, -0.1) is 18.2 Å². The van der Waals surface area contributed by atoms with Crippen LogP contribution in [0.15, 0.2) is 60.9 Å². The van der Waals surface area contributed by atoms with Crippen LogP contribution in [-0.2, 0) is 27.2 Å². The summed E-state index contributed by atoms with van der Waals surface area (Å²) in [7, 11) is 2.02. The first-order chi connectivity index (χ1) is 14.5. The molecular weight excluding hydrogens is 563 g/mol. The molecule has 0 spiro atoms. The maximum absolute atomic E-state index is 4.65. The fourth-order valence-electron chi connectivity index (χ4n) is 4.15. The van der Waals surface area contributed by atoms with Gasteiger partial charge in [0, 0.05) is 32.7 Å². The Balaban J connectivity index is 0.00000231. The van der Waals surface area contributed by atoms with E-state index < -0.39 is 0 Å². The number of hydrogen-bond acceptors (Lipinski definition) is 3. The molecule has 0 saturated carbocycles. The summed E-state index contributed by atoms with van der Waals surface area (Å²) in [4.78, 5) is 9.26. The van der Waals surface area contributed by atoms with E-state index in [1.807, 2.05) is 36.9 Å². The predicted molar refractivity (Wildman–Crippen MR) is 120 cm³/mol. The number of imidazole rings is 1. The first-order valence-corrected chi connectivity index (χ1v) is 9.95. The first kappa shape index (κ1) is 21.2. The number of hydrogen-bond donors (Lipinski definition) is 0. The number of aromatic nitrogens is 5. The molecule has 0 bridgehead atoms. The van der Waals surface area contributed by atoms with Gasteiger partial charge in [-0.3, -0.25) is 14.6 Å². The van der Waals surface area contributed by atoms with E-state index in [4.69, 9.17) is 0 Å². The maximum atomic E-state index is 4.65. The zero-order chi connectivity index (χ0) is 20.8. The van der Waals surface area contributed by atoms with Crippen LogP contribution in [0.3, 0.4) is 0 Å². The Morgan fingerprint density at radius 3 is 2.32 bits per heavy atom. The van der Waals surface area contributed by atoms with Crippen LogP contribution in [-0.4, -0.2) is 24.3 Å². The van der Waals surface area contributed by atoms with E-state index in [1.165, 1.54) is 11.1 Å². The Morgan fingerprint density at radius 2 is 1.61 bits per heavy atom. The molecule has 5 aromatic rings. The summed E-state index contributed by atoms with van der Waals surface area (Å²) in [5.74, 6) is 1.72. The van der Waals surface area contributed by atoms with Crippen molar-refractivity contribution >= 4 is 11.0 Å². The third-order valence-electron chi connectivity index (χ3n) is 5.63. The summed E-state index contributed by atoms with van der Waals surface area (Å²) in [5, 5.41) is 4.59. The van der Waals surface area contributed by atoms with Crippen molar-refractivity contribution < 1.29 is 20.1 Å². The third-order valence-corrected chi connectivity index (χ3v) is 5.63. The SMILES string of the molecule is Cc1cc(-c2ccccc2)cc(C)c1-n1ncnc1-c1[c-]ccc2nc(C)n(C)c12.[Ir]. The molecule has 5 nitrogen and oxygen atoms in total. The molecule has 0 atom stereocenters. The van der Waals surface area contributed by atoms with E-state index in [0.717, 1.165) is 45.1 Å². The molecule has 31 heavy (non-hydrogen) atoms. The second-order valence-electron chi connectivity index (χ2n) is 7.62. The molecule has 0 aliphatic rings. The number of benzene rings is 3. The molecule has 0 N–H and O–H groups in total. The van der Waals surface area contributed by atoms with Crippen LogP contribution in [0.25, 0.3) is 39.2 Å². The van der Waals surface area contributed by atoms with Crippen LogP contribution < -0.4 is 0 Å². The number of rotatable bonds is 3. The van der Waals surface area contributed by atoms with E-state index in [0.29, 0.717) is 0 Å². The number of fused-ring (bicyclic) bond motifs is 1. The van der Waals surface area contributed by atoms with Gasteiger partial charge in [0.15, 0.2) is 0 Å². The Hall–Kier alpha value is -3.08. The second-order valence-corrected chi connectivity index (χ2v) is 7.62. The average molecular weight is 585 g/mol. The van der Waals surface area contributed by atoms with Crippen molar-refractivity contribution in [2.24, 2.45) is 7.05 Å². The van der Waals surface area contributed by atoms with Crippen molar-refractivity contribution in [3.05, 3.63) is 83.9 Å². The number of aryl methyl sites for hydroxylation is 4. The van der Waals surface area contributed by atoms with Gasteiger partial charge >= 0.3 is 0 Å². The van der Waals surface area contributed by atoms with Crippen molar-refractivity contribution in [1.29, 1.82) is 0 Å². The molecule has 157 valence electrons. The van der Waals surface area contributed by atoms with Gasteiger partial charge in [-0.05, 0) is 60.7 Å². The van der Waals surface area contributed by atoms with Gasteiger partial charge in [-0.2, -0.15) is 5.10 Å². The van der Waals surface area contributed by atoms with Crippen LogP contribution in [0, 0.1) is 26.8 Å². The van der Waals surface area contributed by atoms with Gasteiger partial charge in [0.2, 0.25) is 0 Å². The molecule has 3 aromatic carbocycles. The molecule has 6 heteroatoms. The minimum absolute atomic E-state index is 0. The molecule has 0 amide bonds. The standard InChI is InChI=1S/C25H22N5.Ir/c1-16-13-20(19-9-6-5-7-10-19)14-17(2)23(16)30-25(26-15-27-30)21-11-8-12-22-24(21)29(4)18(3)28-22;/h5-10,12-15H,1-4H3;/q-1;. The quantitative estimate of drug-likeness (QED) is 0.274. The van der Waals surface area contributed by atoms with E-state index in [9.17, 15) is 0 Å². The van der Waals surface area contributed by atoms with Crippen molar-refractivity contribution in [3.8, 4) is 28.2 Å². The van der Waals surface area contributed by atoms with Crippen molar-refractivity contribution in [2.75, 3.05) is 0 Å². The minimum Gasteiger partial charge on any atom is -0.371 e. The molecular formula is C25H22IrN5-. The molecule has 0 saturated heterocycles. The summed E-state index contributed by atoms with van der Waals surface area (Å²) >= 11 is 0. The summed E-state index contributed by atoms with van der Waals surface area (Å²) in [6.45, 7) is 6.25. The predicted octanol–water partition coefficient (Wildman–Crippen LogP) is 5.21. The molecule has 0 aliphatic carbocycles. The van der Waals surface area contributed by atoms with Crippen molar-refractivity contribution in [1.82, 2.24) is 24.3 Å². The van der Waals surface area contributed by atoms with Gasteiger partial charge in [0.25, 0.3) is 0 Å². The monoisotopic (exact) mass is 585 g/mol. The fraction of sp³-hybridized carbons (Fsp3) is 0.160. The van der Waals surface area contributed by atoms with E-state index in [-0.39, 0.29) is 20.1 Å². The van der Waals surface area contributed by atoms with E-state index >= 15 is 0 Å². The maximum Gasteiger partial charge on any atom is 0.127 e. The topological polar surface area (TPSA) is 48.5 Å². The van der Waals surface area contributed by atoms with Crippen molar-refractivity contribution in [2.45, 2.75) is 20.8 Å². The largest absolute Gasteiger partial charge is 0.371 e. The molecule has 2 aromatic heterocycles. The zero-order valence-electron chi connectivity index (χ0n) is 17.8. The molecule has 0 aliphatic heterocycles. The van der Waals surface area contributed by atoms with E-state index in [1.54, 1.807) is 6.33 Å².